The molecule has 7 heteroatoms. The second kappa shape index (κ2) is 8.80. The molecular formula is C22H22N4OS2. The Morgan fingerprint density at radius 1 is 1.03 bits per heavy atom. The Kier molecular flexibility index (Phi) is 5.97. The first-order chi connectivity index (χ1) is 14.1. The lowest BCUT2D eigenvalue weighted by atomic mass is 10.1. The van der Waals surface area contributed by atoms with Crippen LogP contribution in [0.4, 0.5) is 0 Å². The van der Waals surface area contributed by atoms with E-state index in [1.165, 1.54) is 11.1 Å². The van der Waals surface area contributed by atoms with Crippen molar-refractivity contribution in [2.24, 2.45) is 7.05 Å². The van der Waals surface area contributed by atoms with E-state index in [1.807, 2.05) is 41.9 Å². The largest absolute Gasteiger partial charge is 0.486 e. The molecule has 0 amide bonds. The molecule has 0 radical (unpaired) electrons. The van der Waals surface area contributed by atoms with Crippen molar-refractivity contribution in [3.63, 3.8) is 0 Å². The maximum absolute atomic E-state index is 5.89. The molecule has 0 aliphatic rings. The fourth-order valence-corrected chi connectivity index (χ4v) is 4.53. The van der Waals surface area contributed by atoms with E-state index in [0.717, 1.165) is 38.7 Å². The van der Waals surface area contributed by atoms with Crippen LogP contribution in [0.5, 0.6) is 5.75 Å². The zero-order chi connectivity index (χ0) is 20.2. The molecule has 0 atom stereocenters. The van der Waals surface area contributed by atoms with Gasteiger partial charge in [0.2, 0.25) is 0 Å². The predicted molar refractivity (Wildman–Crippen MR) is 118 cm³/mol. The fraction of sp³-hybridized carbons (Fsp3) is 0.227. The quantitative estimate of drug-likeness (QED) is 0.372. The van der Waals surface area contributed by atoms with E-state index in [4.69, 9.17) is 9.72 Å². The van der Waals surface area contributed by atoms with Gasteiger partial charge in [0.25, 0.3) is 0 Å². The smallest absolute Gasteiger partial charge is 0.191 e. The van der Waals surface area contributed by atoms with E-state index in [0.29, 0.717) is 6.61 Å². The van der Waals surface area contributed by atoms with Crippen LogP contribution in [-0.2, 0) is 19.4 Å². The fourth-order valence-electron chi connectivity index (χ4n) is 2.77. The van der Waals surface area contributed by atoms with E-state index < -0.39 is 0 Å². The van der Waals surface area contributed by atoms with Gasteiger partial charge in [-0.05, 0) is 37.1 Å². The Morgan fingerprint density at radius 2 is 1.86 bits per heavy atom. The summed E-state index contributed by atoms with van der Waals surface area (Å²) in [5, 5.41) is 12.6. The molecule has 0 saturated heterocycles. The second-order valence-electron chi connectivity index (χ2n) is 6.79. The first kappa shape index (κ1) is 19.7. The van der Waals surface area contributed by atoms with Crippen LogP contribution in [0, 0.1) is 13.8 Å². The Balaban J connectivity index is 1.36. The van der Waals surface area contributed by atoms with Gasteiger partial charge in [0.1, 0.15) is 17.4 Å². The SMILES string of the molecule is Cc1ccc(OCc2nnc(SCc3csc(-c4ccccc4)n3)n2C)cc1C. The molecule has 0 N–H and O–H groups in total. The van der Waals surface area contributed by atoms with E-state index in [1.54, 1.807) is 23.1 Å². The van der Waals surface area contributed by atoms with Gasteiger partial charge in [-0.2, -0.15) is 0 Å². The molecule has 0 bridgehead atoms. The van der Waals surface area contributed by atoms with Crippen LogP contribution in [-0.4, -0.2) is 19.7 Å². The number of nitrogens with zero attached hydrogens (tertiary/aromatic N) is 4. The molecule has 0 spiro atoms. The zero-order valence-corrected chi connectivity index (χ0v) is 18.3. The summed E-state index contributed by atoms with van der Waals surface area (Å²) in [5.41, 5.74) is 4.68. The summed E-state index contributed by atoms with van der Waals surface area (Å²) in [7, 11) is 1.97. The van der Waals surface area contributed by atoms with Crippen LogP contribution in [0.25, 0.3) is 10.6 Å². The number of rotatable bonds is 7. The average Bonchev–Trinajstić information content (AvgIpc) is 3.35. The number of thiazole rings is 1. The molecule has 0 saturated carbocycles. The Bertz CT molecular complexity index is 1110. The third-order valence-electron chi connectivity index (χ3n) is 4.69. The predicted octanol–water partition coefficient (Wildman–Crippen LogP) is 5.43. The van der Waals surface area contributed by atoms with Crippen LogP contribution < -0.4 is 4.74 Å². The summed E-state index contributed by atoms with van der Waals surface area (Å²) < 4.78 is 7.88. The van der Waals surface area contributed by atoms with E-state index >= 15 is 0 Å². The lowest BCUT2D eigenvalue weighted by Crippen LogP contribution is -2.04. The Hall–Kier alpha value is -2.64. The van der Waals surface area contributed by atoms with Crippen LogP contribution in [0.3, 0.4) is 0 Å². The highest BCUT2D eigenvalue weighted by molar-refractivity contribution is 7.98. The Labute approximate surface area is 178 Å². The van der Waals surface area contributed by atoms with Gasteiger partial charge in [-0.3, -0.25) is 0 Å². The molecule has 2 aromatic carbocycles. The van der Waals surface area contributed by atoms with Crippen molar-refractivity contribution in [1.29, 1.82) is 0 Å². The molecule has 4 aromatic rings. The normalized spacial score (nSPS) is 11.0. The van der Waals surface area contributed by atoms with Crippen molar-refractivity contribution in [2.75, 3.05) is 0 Å². The molecule has 2 aromatic heterocycles. The minimum absolute atomic E-state index is 0.390. The van der Waals surface area contributed by atoms with Crippen molar-refractivity contribution in [3.8, 4) is 16.3 Å². The number of hydrogen-bond donors (Lipinski definition) is 0. The topological polar surface area (TPSA) is 52.8 Å². The highest BCUT2D eigenvalue weighted by Gasteiger charge is 2.12. The first-order valence-corrected chi connectivity index (χ1v) is 11.2. The standard InChI is InChI=1S/C22H22N4OS2/c1-15-9-10-19(11-16(15)2)27-12-20-24-25-22(26(20)3)29-14-18-13-28-21(23-18)17-7-5-4-6-8-17/h4-11,13H,12,14H2,1-3H3. The van der Waals surface area contributed by atoms with Crippen LogP contribution >= 0.6 is 23.1 Å². The van der Waals surface area contributed by atoms with Crippen LogP contribution in [0.2, 0.25) is 0 Å². The highest BCUT2D eigenvalue weighted by atomic mass is 32.2. The van der Waals surface area contributed by atoms with Gasteiger partial charge in [0, 0.05) is 23.7 Å². The number of ether oxygens (including phenoxy) is 1. The minimum Gasteiger partial charge on any atom is -0.486 e. The summed E-state index contributed by atoms with van der Waals surface area (Å²) in [5.74, 6) is 2.41. The van der Waals surface area contributed by atoms with Gasteiger partial charge >= 0.3 is 0 Å². The Morgan fingerprint density at radius 3 is 2.66 bits per heavy atom. The summed E-state index contributed by atoms with van der Waals surface area (Å²) in [6.07, 6.45) is 0. The lowest BCUT2D eigenvalue weighted by molar-refractivity contribution is 0.290. The number of hydrogen-bond acceptors (Lipinski definition) is 6. The monoisotopic (exact) mass is 422 g/mol. The average molecular weight is 423 g/mol. The van der Waals surface area contributed by atoms with Crippen molar-refractivity contribution in [1.82, 2.24) is 19.7 Å². The van der Waals surface area contributed by atoms with Gasteiger partial charge < -0.3 is 9.30 Å². The first-order valence-electron chi connectivity index (χ1n) is 9.31. The molecule has 148 valence electrons. The third-order valence-corrected chi connectivity index (χ3v) is 6.69. The molecule has 2 heterocycles. The maximum Gasteiger partial charge on any atom is 0.191 e. The lowest BCUT2D eigenvalue weighted by Gasteiger charge is -2.08. The van der Waals surface area contributed by atoms with Gasteiger partial charge in [-0.1, -0.05) is 48.2 Å². The minimum atomic E-state index is 0.390. The summed E-state index contributed by atoms with van der Waals surface area (Å²) >= 11 is 3.30. The molecule has 0 aliphatic heterocycles. The second-order valence-corrected chi connectivity index (χ2v) is 8.59. The summed E-state index contributed by atoms with van der Waals surface area (Å²) in [4.78, 5) is 4.74. The number of aryl methyl sites for hydroxylation is 2. The van der Waals surface area contributed by atoms with Crippen molar-refractivity contribution in [3.05, 3.63) is 76.6 Å². The van der Waals surface area contributed by atoms with Gasteiger partial charge in [0.15, 0.2) is 11.0 Å². The van der Waals surface area contributed by atoms with Gasteiger partial charge in [-0.15, -0.1) is 21.5 Å². The zero-order valence-electron chi connectivity index (χ0n) is 16.6. The molecule has 0 fully saturated rings. The van der Waals surface area contributed by atoms with Gasteiger partial charge in [-0.25, -0.2) is 4.98 Å². The summed E-state index contributed by atoms with van der Waals surface area (Å²) in [6, 6.07) is 16.4. The third kappa shape index (κ3) is 4.68. The molecule has 29 heavy (non-hydrogen) atoms. The molecular weight excluding hydrogens is 400 g/mol. The van der Waals surface area contributed by atoms with Crippen LogP contribution in [0.1, 0.15) is 22.6 Å². The van der Waals surface area contributed by atoms with E-state index in [9.17, 15) is 0 Å². The van der Waals surface area contributed by atoms with Crippen LogP contribution in [0.15, 0.2) is 59.1 Å². The highest BCUT2D eigenvalue weighted by Crippen LogP contribution is 2.27. The number of aromatic nitrogens is 4. The molecule has 0 aliphatic carbocycles. The molecule has 0 unspecified atom stereocenters. The number of benzene rings is 2. The van der Waals surface area contributed by atoms with E-state index in [-0.39, 0.29) is 0 Å². The van der Waals surface area contributed by atoms with Gasteiger partial charge in [0.05, 0.1) is 5.69 Å². The number of thioether (sulfide) groups is 1. The summed E-state index contributed by atoms with van der Waals surface area (Å²) in [6.45, 7) is 4.57. The van der Waals surface area contributed by atoms with Crippen molar-refractivity contribution in [2.45, 2.75) is 31.4 Å². The molecule has 4 rings (SSSR count). The van der Waals surface area contributed by atoms with Crippen molar-refractivity contribution < 1.29 is 4.74 Å². The van der Waals surface area contributed by atoms with E-state index in [2.05, 4.69) is 47.6 Å². The maximum atomic E-state index is 5.89. The van der Waals surface area contributed by atoms with Crippen molar-refractivity contribution >= 4 is 23.1 Å². The molecule has 5 nitrogen and oxygen atoms in total.